The summed E-state index contributed by atoms with van der Waals surface area (Å²) in [5, 5.41) is 12.2. The molecule has 3 aromatic rings. The molecule has 2 N–H and O–H groups in total. The highest BCUT2D eigenvalue weighted by atomic mass is 16.6. The van der Waals surface area contributed by atoms with Crippen molar-refractivity contribution in [3.63, 3.8) is 0 Å². The largest absolute Gasteiger partial charge is 0.478 e. The number of esters is 3. The predicted octanol–water partition coefficient (Wildman–Crippen LogP) is 3.39. The van der Waals surface area contributed by atoms with E-state index in [4.69, 9.17) is 14.2 Å². The van der Waals surface area contributed by atoms with Gasteiger partial charge in [0.15, 0.2) is 0 Å². The van der Waals surface area contributed by atoms with Crippen LogP contribution in [-0.4, -0.2) is 53.1 Å². The Balaban J connectivity index is 1.80. The molecule has 0 saturated heterocycles. The van der Waals surface area contributed by atoms with Gasteiger partial charge in [0.25, 0.3) is 5.91 Å². The van der Waals surface area contributed by atoms with Gasteiger partial charge in [-0.1, -0.05) is 65.7 Å². The first-order valence-corrected chi connectivity index (χ1v) is 12.3. The van der Waals surface area contributed by atoms with Crippen LogP contribution in [0.25, 0.3) is 0 Å². The molecular weight excluding hydrogens is 518 g/mol. The predicted molar refractivity (Wildman–Crippen MR) is 142 cm³/mol. The van der Waals surface area contributed by atoms with Gasteiger partial charge in [-0.25, -0.2) is 19.2 Å². The summed E-state index contributed by atoms with van der Waals surface area (Å²) in [6, 6.07) is 19.8. The van der Waals surface area contributed by atoms with Crippen LogP contribution in [0.15, 0.2) is 78.9 Å². The highest BCUT2D eigenvalue weighted by Crippen LogP contribution is 2.15. The van der Waals surface area contributed by atoms with Crippen molar-refractivity contribution in [2.24, 2.45) is 0 Å². The van der Waals surface area contributed by atoms with Crippen molar-refractivity contribution < 1.29 is 43.3 Å². The Morgan fingerprint density at radius 1 is 0.725 bits per heavy atom. The van der Waals surface area contributed by atoms with Gasteiger partial charge in [-0.3, -0.25) is 4.79 Å². The van der Waals surface area contributed by atoms with Crippen LogP contribution in [0, 0.1) is 13.8 Å². The maximum Gasteiger partial charge on any atom is 0.349 e. The standard InChI is InChI=1S/C30H29NO9/c1-18-9-13-22(14-10-18)29(36)39-24(25(27(33)34)40-30(37)23-15-11-19(2)12-16-23)26(32)31-20(3)28(35)38-17-21-7-5-4-6-8-21/h4-16,20,24-25H,17H2,1-3H3,(H,31,32)(H,33,34)/t20?,24?,25-/m0/s1. The number of amides is 1. The zero-order chi connectivity index (χ0) is 29.2. The molecule has 3 aromatic carbocycles. The van der Waals surface area contributed by atoms with Crippen LogP contribution >= 0.6 is 0 Å². The first-order chi connectivity index (χ1) is 19.0. The fourth-order valence-electron chi connectivity index (χ4n) is 3.45. The van der Waals surface area contributed by atoms with E-state index < -0.39 is 48.0 Å². The van der Waals surface area contributed by atoms with Crippen LogP contribution in [0.1, 0.15) is 44.3 Å². The Kier molecular flexibility index (Phi) is 10.1. The zero-order valence-electron chi connectivity index (χ0n) is 22.2. The molecule has 3 atom stereocenters. The lowest BCUT2D eigenvalue weighted by atomic mass is 10.1. The molecule has 0 fully saturated rings. The number of aliphatic carboxylic acids is 1. The summed E-state index contributed by atoms with van der Waals surface area (Å²) in [5.74, 6) is -5.81. The third-order valence-electron chi connectivity index (χ3n) is 5.76. The van der Waals surface area contributed by atoms with E-state index in [9.17, 15) is 29.1 Å². The number of carboxylic acids is 1. The molecule has 0 aliphatic rings. The summed E-state index contributed by atoms with van der Waals surface area (Å²) in [6.45, 7) is 4.86. The van der Waals surface area contributed by atoms with Crippen LogP contribution in [0.3, 0.4) is 0 Å². The van der Waals surface area contributed by atoms with E-state index in [1.54, 1.807) is 68.4 Å². The normalized spacial score (nSPS) is 12.8. The van der Waals surface area contributed by atoms with Crippen molar-refractivity contribution in [2.45, 2.75) is 45.6 Å². The van der Waals surface area contributed by atoms with E-state index >= 15 is 0 Å². The molecule has 0 aromatic heterocycles. The summed E-state index contributed by atoms with van der Waals surface area (Å²) in [5.41, 5.74) is 2.48. The summed E-state index contributed by atoms with van der Waals surface area (Å²) in [4.78, 5) is 63.4. The van der Waals surface area contributed by atoms with Crippen molar-refractivity contribution >= 4 is 29.8 Å². The van der Waals surface area contributed by atoms with Gasteiger partial charge < -0.3 is 24.6 Å². The van der Waals surface area contributed by atoms with E-state index in [1.165, 1.54) is 31.2 Å². The zero-order valence-corrected chi connectivity index (χ0v) is 22.2. The van der Waals surface area contributed by atoms with Crippen molar-refractivity contribution in [1.82, 2.24) is 5.32 Å². The molecular formula is C30H29NO9. The second kappa shape index (κ2) is 13.7. The first-order valence-electron chi connectivity index (χ1n) is 12.3. The summed E-state index contributed by atoms with van der Waals surface area (Å²) < 4.78 is 15.6. The van der Waals surface area contributed by atoms with Crippen LogP contribution in [0.4, 0.5) is 0 Å². The molecule has 0 aliphatic heterocycles. The van der Waals surface area contributed by atoms with Gasteiger partial charge in [-0.2, -0.15) is 0 Å². The average Bonchev–Trinajstić information content (AvgIpc) is 2.94. The monoisotopic (exact) mass is 547 g/mol. The maximum atomic E-state index is 13.2. The summed E-state index contributed by atoms with van der Waals surface area (Å²) in [6.07, 6.45) is -4.36. The van der Waals surface area contributed by atoms with Gasteiger partial charge in [-0.05, 0) is 50.6 Å². The van der Waals surface area contributed by atoms with Gasteiger partial charge in [-0.15, -0.1) is 0 Å². The molecule has 0 spiro atoms. The number of aryl methyl sites for hydroxylation is 2. The molecule has 0 heterocycles. The lowest BCUT2D eigenvalue weighted by Crippen LogP contribution is -2.53. The van der Waals surface area contributed by atoms with Crippen molar-refractivity contribution in [3.8, 4) is 0 Å². The molecule has 10 heteroatoms. The number of ether oxygens (including phenoxy) is 3. The number of carbonyl (C=O) groups is 5. The summed E-state index contributed by atoms with van der Waals surface area (Å²) in [7, 11) is 0. The van der Waals surface area contributed by atoms with E-state index in [0.717, 1.165) is 11.1 Å². The average molecular weight is 548 g/mol. The number of carbonyl (C=O) groups excluding carboxylic acids is 4. The molecule has 0 aliphatic carbocycles. The molecule has 0 bridgehead atoms. The number of hydrogen-bond acceptors (Lipinski definition) is 8. The third kappa shape index (κ3) is 8.26. The topological polar surface area (TPSA) is 145 Å². The van der Waals surface area contributed by atoms with E-state index in [2.05, 4.69) is 5.32 Å². The second-order valence-electron chi connectivity index (χ2n) is 9.05. The lowest BCUT2D eigenvalue weighted by molar-refractivity contribution is -0.160. The fraction of sp³-hybridized carbons (Fsp3) is 0.233. The first kappa shape index (κ1) is 29.6. The highest BCUT2D eigenvalue weighted by Gasteiger charge is 2.41. The van der Waals surface area contributed by atoms with Crippen molar-refractivity contribution in [2.75, 3.05) is 0 Å². The smallest absolute Gasteiger partial charge is 0.349 e. The second-order valence-corrected chi connectivity index (χ2v) is 9.05. The van der Waals surface area contributed by atoms with Crippen LogP contribution in [0.2, 0.25) is 0 Å². The van der Waals surface area contributed by atoms with Gasteiger partial charge in [0.1, 0.15) is 12.6 Å². The Labute approximate surface area is 230 Å². The van der Waals surface area contributed by atoms with E-state index in [0.29, 0.717) is 5.56 Å². The molecule has 3 rings (SSSR count). The van der Waals surface area contributed by atoms with Crippen LogP contribution in [-0.2, 0) is 35.2 Å². The fourth-order valence-corrected chi connectivity index (χ4v) is 3.45. The van der Waals surface area contributed by atoms with Crippen LogP contribution < -0.4 is 5.32 Å². The Hall–Kier alpha value is -4.99. The van der Waals surface area contributed by atoms with Gasteiger partial charge in [0, 0.05) is 0 Å². The molecule has 2 unspecified atom stereocenters. The van der Waals surface area contributed by atoms with E-state index in [1.807, 2.05) is 0 Å². The molecule has 40 heavy (non-hydrogen) atoms. The minimum atomic E-state index is -2.23. The molecule has 0 radical (unpaired) electrons. The number of rotatable bonds is 11. The summed E-state index contributed by atoms with van der Waals surface area (Å²) >= 11 is 0. The Bertz CT molecular complexity index is 1350. The minimum Gasteiger partial charge on any atom is -0.478 e. The number of benzene rings is 3. The Morgan fingerprint density at radius 2 is 1.20 bits per heavy atom. The molecule has 1 amide bonds. The lowest BCUT2D eigenvalue weighted by Gasteiger charge is -2.24. The number of hydrogen-bond donors (Lipinski definition) is 2. The molecule has 0 saturated carbocycles. The van der Waals surface area contributed by atoms with Crippen molar-refractivity contribution in [3.05, 3.63) is 107 Å². The quantitative estimate of drug-likeness (QED) is 0.272. The Morgan fingerprint density at radius 3 is 1.68 bits per heavy atom. The maximum absolute atomic E-state index is 13.2. The SMILES string of the molecule is Cc1ccc(C(=O)OC(C(=O)NC(C)C(=O)OCc2ccccc2)[C@H](OC(=O)c2ccc(C)cc2)C(=O)O)cc1. The minimum absolute atomic E-state index is 0.0266. The van der Waals surface area contributed by atoms with E-state index in [-0.39, 0.29) is 17.7 Å². The van der Waals surface area contributed by atoms with Crippen molar-refractivity contribution in [1.29, 1.82) is 0 Å². The number of nitrogens with one attached hydrogen (secondary N) is 1. The van der Waals surface area contributed by atoms with Gasteiger partial charge in [0.05, 0.1) is 11.1 Å². The van der Waals surface area contributed by atoms with Crippen LogP contribution in [0.5, 0.6) is 0 Å². The highest BCUT2D eigenvalue weighted by molar-refractivity contribution is 5.97. The molecule has 208 valence electrons. The third-order valence-corrected chi connectivity index (χ3v) is 5.76. The van der Waals surface area contributed by atoms with Gasteiger partial charge >= 0.3 is 23.9 Å². The van der Waals surface area contributed by atoms with Gasteiger partial charge in [0.2, 0.25) is 12.2 Å². The molecule has 10 nitrogen and oxygen atoms in total. The number of carboxylic acid groups (broad SMARTS) is 1.